The summed E-state index contributed by atoms with van der Waals surface area (Å²) in [6.45, 7) is 3.75. The van der Waals surface area contributed by atoms with E-state index < -0.39 is 0 Å². The van der Waals surface area contributed by atoms with E-state index in [1.54, 1.807) is 36.5 Å². The molecule has 0 aliphatic rings. The smallest absolute Gasteiger partial charge is 0.274 e. The van der Waals surface area contributed by atoms with Gasteiger partial charge < -0.3 is 10.2 Å². The zero-order valence-corrected chi connectivity index (χ0v) is 15.3. The lowest BCUT2D eigenvalue weighted by Crippen LogP contribution is -2.22. The molecule has 0 aliphatic heterocycles. The number of hydrogen-bond donors (Lipinski definition) is 1. The normalized spacial score (nSPS) is 10.4. The van der Waals surface area contributed by atoms with Crippen LogP contribution in [0.3, 0.4) is 0 Å². The summed E-state index contributed by atoms with van der Waals surface area (Å²) in [5, 5.41) is 3.38. The van der Waals surface area contributed by atoms with Gasteiger partial charge in [-0.2, -0.15) is 0 Å². The molecule has 3 aromatic rings. The maximum atomic E-state index is 12.3. The molecule has 0 unspecified atom stereocenters. The number of benzene rings is 2. The van der Waals surface area contributed by atoms with Crippen molar-refractivity contribution < 1.29 is 4.79 Å². The van der Waals surface area contributed by atoms with Crippen LogP contribution >= 0.6 is 11.6 Å². The number of rotatable bonds is 6. The van der Waals surface area contributed by atoms with Gasteiger partial charge in [0.05, 0.1) is 11.9 Å². The van der Waals surface area contributed by atoms with Crippen LogP contribution in [0.5, 0.6) is 0 Å². The van der Waals surface area contributed by atoms with Gasteiger partial charge in [0.2, 0.25) is 0 Å². The minimum Gasteiger partial charge on any atom is -0.366 e. The second-order valence-electron chi connectivity index (χ2n) is 5.87. The van der Waals surface area contributed by atoms with Gasteiger partial charge >= 0.3 is 0 Å². The highest BCUT2D eigenvalue weighted by molar-refractivity contribution is 6.30. The Morgan fingerprint density at radius 1 is 1.08 bits per heavy atom. The van der Waals surface area contributed by atoms with Crippen molar-refractivity contribution >= 4 is 28.9 Å². The van der Waals surface area contributed by atoms with E-state index in [1.807, 2.05) is 24.3 Å². The number of carbonyl (C=O) groups is 1. The summed E-state index contributed by atoms with van der Waals surface area (Å²) in [5.74, 6) is -0.259. The molecule has 0 atom stereocenters. The Hall–Kier alpha value is -2.85. The van der Waals surface area contributed by atoms with Crippen LogP contribution in [0.4, 0.5) is 11.4 Å². The number of pyridine rings is 1. The molecule has 2 aromatic carbocycles. The molecule has 0 saturated carbocycles. The van der Waals surface area contributed by atoms with Crippen molar-refractivity contribution in [2.75, 3.05) is 16.8 Å². The molecule has 1 N–H and O–H groups in total. The Bertz CT molecular complexity index is 866. The molecule has 0 fully saturated rings. The highest BCUT2D eigenvalue weighted by Gasteiger charge is 2.10. The van der Waals surface area contributed by atoms with Crippen LogP contribution in [0.1, 0.15) is 23.0 Å². The molecule has 1 aromatic heterocycles. The van der Waals surface area contributed by atoms with Crippen LogP contribution in [0.2, 0.25) is 5.02 Å². The van der Waals surface area contributed by atoms with Crippen LogP contribution in [-0.4, -0.2) is 17.4 Å². The van der Waals surface area contributed by atoms with Gasteiger partial charge in [-0.3, -0.25) is 4.79 Å². The number of amides is 1. The first-order valence-electron chi connectivity index (χ1n) is 8.47. The van der Waals surface area contributed by atoms with E-state index >= 15 is 0 Å². The van der Waals surface area contributed by atoms with Gasteiger partial charge in [0.25, 0.3) is 5.91 Å². The lowest BCUT2D eigenvalue weighted by Gasteiger charge is -2.23. The van der Waals surface area contributed by atoms with Crippen LogP contribution in [0.25, 0.3) is 0 Å². The third-order valence-electron chi connectivity index (χ3n) is 4.03. The van der Waals surface area contributed by atoms with Crippen molar-refractivity contribution in [2.45, 2.75) is 13.5 Å². The van der Waals surface area contributed by atoms with E-state index in [0.717, 1.165) is 18.8 Å². The average molecular weight is 366 g/mol. The zero-order valence-electron chi connectivity index (χ0n) is 14.5. The Labute approximate surface area is 158 Å². The first-order chi connectivity index (χ1) is 12.7. The van der Waals surface area contributed by atoms with E-state index in [2.05, 4.69) is 34.3 Å². The molecular formula is C21H20ClN3O. The fourth-order valence-electron chi connectivity index (χ4n) is 2.66. The van der Waals surface area contributed by atoms with Gasteiger partial charge in [0.15, 0.2) is 0 Å². The van der Waals surface area contributed by atoms with Crippen molar-refractivity contribution in [3.05, 3.63) is 89.2 Å². The quantitative estimate of drug-likeness (QED) is 0.667. The fourth-order valence-corrected chi connectivity index (χ4v) is 2.85. The molecule has 5 heteroatoms. The summed E-state index contributed by atoms with van der Waals surface area (Å²) in [5.41, 5.74) is 3.23. The predicted molar refractivity (Wildman–Crippen MR) is 107 cm³/mol. The Morgan fingerprint density at radius 3 is 2.54 bits per heavy atom. The number of hydrogen-bond acceptors (Lipinski definition) is 3. The molecule has 0 aliphatic carbocycles. The molecule has 4 nitrogen and oxygen atoms in total. The number of aromatic nitrogens is 1. The van der Waals surface area contributed by atoms with E-state index in [0.29, 0.717) is 16.4 Å². The van der Waals surface area contributed by atoms with E-state index in [9.17, 15) is 4.79 Å². The largest absolute Gasteiger partial charge is 0.366 e. The lowest BCUT2D eigenvalue weighted by atomic mass is 10.2. The molecule has 26 heavy (non-hydrogen) atoms. The van der Waals surface area contributed by atoms with Gasteiger partial charge in [-0.1, -0.05) is 48.0 Å². The number of nitrogens with one attached hydrogen (secondary N) is 1. The van der Waals surface area contributed by atoms with Gasteiger partial charge in [-0.25, -0.2) is 4.98 Å². The molecule has 0 radical (unpaired) electrons. The molecule has 0 bridgehead atoms. The summed E-state index contributed by atoms with van der Waals surface area (Å²) in [4.78, 5) is 18.9. The third kappa shape index (κ3) is 4.61. The number of halogens is 1. The minimum absolute atomic E-state index is 0.259. The third-order valence-corrected chi connectivity index (χ3v) is 4.26. The summed E-state index contributed by atoms with van der Waals surface area (Å²) >= 11 is 5.94. The lowest BCUT2D eigenvalue weighted by molar-refractivity contribution is 0.102. The van der Waals surface area contributed by atoms with Gasteiger partial charge in [0, 0.05) is 23.8 Å². The summed E-state index contributed by atoms with van der Waals surface area (Å²) < 4.78 is 0. The summed E-state index contributed by atoms with van der Waals surface area (Å²) in [6, 6.07) is 21.0. The maximum Gasteiger partial charge on any atom is 0.274 e. The predicted octanol–water partition coefficient (Wildman–Crippen LogP) is 5.01. The molecule has 1 heterocycles. The van der Waals surface area contributed by atoms with Crippen molar-refractivity contribution in [3.8, 4) is 0 Å². The standard InChI is InChI=1S/C21H20ClN3O/c1-2-25(15-16-7-4-3-5-8-16)19-11-12-20(23-14-19)21(26)24-18-10-6-9-17(22)13-18/h3-14H,2,15H2,1H3,(H,24,26). The Kier molecular flexibility index (Phi) is 5.87. The average Bonchev–Trinajstić information content (AvgIpc) is 2.67. The zero-order chi connectivity index (χ0) is 18.4. The van der Waals surface area contributed by atoms with Crippen molar-refractivity contribution in [1.82, 2.24) is 4.98 Å². The topological polar surface area (TPSA) is 45.2 Å². The number of nitrogens with zero attached hydrogens (tertiary/aromatic N) is 2. The molecule has 132 valence electrons. The monoisotopic (exact) mass is 365 g/mol. The molecule has 1 amide bonds. The van der Waals surface area contributed by atoms with Crippen LogP contribution in [0, 0.1) is 0 Å². The van der Waals surface area contributed by atoms with Crippen molar-refractivity contribution in [1.29, 1.82) is 0 Å². The van der Waals surface area contributed by atoms with Crippen molar-refractivity contribution in [2.24, 2.45) is 0 Å². The number of anilines is 2. The number of carbonyl (C=O) groups excluding carboxylic acids is 1. The minimum atomic E-state index is -0.259. The Morgan fingerprint density at radius 2 is 1.88 bits per heavy atom. The first-order valence-corrected chi connectivity index (χ1v) is 8.85. The first kappa shape index (κ1) is 18.0. The molecule has 0 saturated heterocycles. The van der Waals surface area contributed by atoms with E-state index in [-0.39, 0.29) is 5.91 Å². The van der Waals surface area contributed by atoms with Crippen LogP contribution in [-0.2, 0) is 6.54 Å². The van der Waals surface area contributed by atoms with Crippen LogP contribution < -0.4 is 10.2 Å². The molecule has 3 rings (SSSR count). The molecule has 0 spiro atoms. The highest BCUT2D eigenvalue weighted by Crippen LogP contribution is 2.18. The fraction of sp³-hybridized carbons (Fsp3) is 0.143. The summed E-state index contributed by atoms with van der Waals surface area (Å²) in [7, 11) is 0. The maximum absolute atomic E-state index is 12.3. The van der Waals surface area contributed by atoms with Gasteiger partial charge in [0.1, 0.15) is 5.69 Å². The van der Waals surface area contributed by atoms with E-state index in [4.69, 9.17) is 11.6 Å². The second kappa shape index (κ2) is 8.50. The van der Waals surface area contributed by atoms with Gasteiger partial charge in [-0.05, 0) is 42.8 Å². The second-order valence-corrected chi connectivity index (χ2v) is 6.30. The van der Waals surface area contributed by atoms with Crippen molar-refractivity contribution in [3.63, 3.8) is 0 Å². The molecular weight excluding hydrogens is 346 g/mol. The highest BCUT2D eigenvalue weighted by atomic mass is 35.5. The van der Waals surface area contributed by atoms with E-state index in [1.165, 1.54) is 5.56 Å². The van der Waals surface area contributed by atoms with Gasteiger partial charge in [-0.15, -0.1) is 0 Å². The summed E-state index contributed by atoms with van der Waals surface area (Å²) in [6.07, 6.45) is 1.74. The SMILES string of the molecule is CCN(Cc1ccccc1)c1ccc(C(=O)Nc2cccc(Cl)c2)nc1. The van der Waals surface area contributed by atoms with Crippen LogP contribution in [0.15, 0.2) is 72.9 Å². The Balaban J connectivity index is 1.69.